The number of methoxy groups -OCH3 is 1. The van der Waals surface area contributed by atoms with Crippen molar-refractivity contribution in [2.45, 2.75) is 26.1 Å². The van der Waals surface area contributed by atoms with Crippen molar-refractivity contribution in [3.8, 4) is 11.5 Å². The molecule has 0 heterocycles. The lowest BCUT2D eigenvalue weighted by molar-refractivity contribution is 0.284. The van der Waals surface area contributed by atoms with Gasteiger partial charge < -0.3 is 14.8 Å². The summed E-state index contributed by atoms with van der Waals surface area (Å²) in [5.41, 5.74) is 3.58. The highest BCUT2D eigenvalue weighted by molar-refractivity contribution is 5.43. The lowest BCUT2D eigenvalue weighted by atomic mass is 10.1. The third-order valence-electron chi connectivity index (χ3n) is 4.38. The molecule has 3 aromatic rings. The van der Waals surface area contributed by atoms with Gasteiger partial charge in [-0.2, -0.15) is 0 Å². The molecule has 3 aromatic carbocycles. The molecule has 0 aromatic heterocycles. The van der Waals surface area contributed by atoms with Crippen LogP contribution in [0.1, 0.15) is 29.7 Å². The van der Waals surface area contributed by atoms with Crippen molar-refractivity contribution in [1.29, 1.82) is 0 Å². The summed E-state index contributed by atoms with van der Waals surface area (Å²) in [5, 5.41) is 3.55. The Balaban J connectivity index is 1.61. The fourth-order valence-corrected chi connectivity index (χ4v) is 2.81. The topological polar surface area (TPSA) is 30.5 Å². The van der Waals surface area contributed by atoms with E-state index in [-0.39, 0.29) is 6.04 Å². The minimum Gasteiger partial charge on any atom is -0.493 e. The predicted octanol–water partition coefficient (Wildman–Crippen LogP) is 5.13. The Morgan fingerprint density at radius 2 is 1.50 bits per heavy atom. The second-order valence-corrected chi connectivity index (χ2v) is 6.27. The molecule has 1 N–H and O–H groups in total. The average Bonchev–Trinajstić information content (AvgIpc) is 2.72. The zero-order valence-electron chi connectivity index (χ0n) is 15.3. The number of hydrogen-bond donors (Lipinski definition) is 1. The molecule has 134 valence electrons. The van der Waals surface area contributed by atoms with Crippen LogP contribution in [0.15, 0.2) is 78.9 Å². The first kappa shape index (κ1) is 18.0. The van der Waals surface area contributed by atoms with E-state index in [1.165, 1.54) is 5.56 Å². The van der Waals surface area contributed by atoms with E-state index in [1.807, 2.05) is 36.4 Å². The molecule has 0 unspecified atom stereocenters. The van der Waals surface area contributed by atoms with Gasteiger partial charge in [0.05, 0.1) is 7.11 Å². The molecular formula is C23H25NO2. The van der Waals surface area contributed by atoms with Gasteiger partial charge in [-0.3, -0.25) is 0 Å². The smallest absolute Gasteiger partial charge is 0.161 e. The van der Waals surface area contributed by atoms with Gasteiger partial charge in [0.15, 0.2) is 11.5 Å². The highest BCUT2D eigenvalue weighted by Crippen LogP contribution is 2.29. The number of ether oxygens (including phenoxy) is 2. The van der Waals surface area contributed by atoms with E-state index in [0.29, 0.717) is 6.61 Å². The van der Waals surface area contributed by atoms with Crippen molar-refractivity contribution in [2.75, 3.05) is 7.11 Å². The van der Waals surface area contributed by atoms with Gasteiger partial charge in [-0.05, 0) is 35.7 Å². The van der Waals surface area contributed by atoms with E-state index < -0.39 is 0 Å². The second kappa shape index (κ2) is 9.07. The van der Waals surface area contributed by atoms with Crippen LogP contribution in [0.2, 0.25) is 0 Å². The number of nitrogens with one attached hydrogen (secondary N) is 1. The maximum Gasteiger partial charge on any atom is 0.161 e. The van der Waals surface area contributed by atoms with E-state index in [4.69, 9.17) is 9.47 Å². The van der Waals surface area contributed by atoms with Crippen LogP contribution in [0.4, 0.5) is 0 Å². The Bertz CT molecular complexity index is 803. The van der Waals surface area contributed by atoms with Crippen molar-refractivity contribution in [3.63, 3.8) is 0 Å². The van der Waals surface area contributed by atoms with Crippen LogP contribution in [0.5, 0.6) is 11.5 Å². The fraction of sp³-hybridized carbons (Fsp3) is 0.217. The molecule has 0 saturated heterocycles. The number of hydrogen-bond acceptors (Lipinski definition) is 3. The Morgan fingerprint density at radius 3 is 2.19 bits per heavy atom. The third kappa shape index (κ3) is 4.87. The van der Waals surface area contributed by atoms with Crippen LogP contribution in [-0.4, -0.2) is 7.11 Å². The monoisotopic (exact) mass is 347 g/mol. The first-order valence-corrected chi connectivity index (χ1v) is 8.88. The quantitative estimate of drug-likeness (QED) is 0.613. The molecule has 0 bridgehead atoms. The summed E-state index contributed by atoms with van der Waals surface area (Å²) >= 11 is 0. The molecule has 0 fully saturated rings. The SMILES string of the molecule is COc1cc(CN[C@H](C)c2ccccc2)ccc1OCc1ccccc1. The standard InChI is InChI=1S/C23H25NO2/c1-18(21-11-7-4-8-12-21)24-16-20-13-14-22(23(15-20)25-2)26-17-19-9-5-3-6-10-19/h3-15,18,24H,16-17H2,1-2H3/t18-/m1/s1. The number of rotatable bonds is 8. The van der Waals surface area contributed by atoms with Gasteiger partial charge in [0.1, 0.15) is 6.61 Å². The van der Waals surface area contributed by atoms with E-state index in [9.17, 15) is 0 Å². The van der Waals surface area contributed by atoms with Crippen LogP contribution in [0.25, 0.3) is 0 Å². The lowest BCUT2D eigenvalue weighted by Gasteiger charge is -2.16. The summed E-state index contributed by atoms with van der Waals surface area (Å²) in [6.45, 7) is 3.47. The maximum atomic E-state index is 5.92. The van der Waals surface area contributed by atoms with Gasteiger partial charge in [0.25, 0.3) is 0 Å². The summed E-state index contributed by atoms with van der Waals surface area (Å²) in [4.78, 5) is 0. The fourth-order valence-electron chi connectivity index (χ4n) is 2.81. The minimum atomic E-state index is 0.288. The van der Waals surface area contributed by atoms with Gasteiger partial charge >= 0.3 is 0 Å². The normalized spacial score (nSPS) is 11.8. The van der Waals surface area contributed by atoms with Crippen molar-refractivity contribution >= 4 is 0 Å². The molecule has 0 amide bonds. The Morgan fingerprint density at radius 1 is 0.808 bits per heavy atom. The average molecular weight is 347 g/mol. The minimum absolute atomic E-state index is 0.288. The van der Waals surface area contributed by atoms with Gasteiger partial charge in [-0.1, -0.05) is 66.7 Å². The largest absolute Gasteiger partial charge is 0.493 e. The number of benzene rings is 3. The molecule has 0 aliphatic rings. The van der Waals surface area contributed by atoms with Gasteiger partial charge in [-0.15, -0.1) is 0 Å². The summed E-state index contributed by atoms with van der Waals surface area (Å²) in [7, 11) is 1.68. The van der Waals surface area contributed by atoms with Gasteiger partial charge in [0, 0.05) is 12.6 Å². The maximum absolute atomic E-state index is 5.92. The van der Waals surface area contributed by atoms with E-state index >= 15 is 0 Å². The molecule has 3 rings (SSSR count). The van der Waals surface area contributed by atoms with Crippen LogP contribution in [0.3, 0.4) is 0 Å². The molecule has 0 spiro atoms. The van der Waals surface area contributed by atoms with Crippen LogP contribution in [0, 0.1) is 0 Å². The van der Waals surface area contributed by atoms with E-state index in [2.05, 4.69) is 54.7 Å². The zero-order valence-corrected chi connectivity index (χ0v) is 15.3. The molecule has 3 nitrogen and oxygen atoms in total. The van der Waals surface area contributed by atoms with Crippen LogP contribution in [-0.2, 0) is 13.2 Å². The van der Waals surface area contributed by atoms with Crippen molar-refractivity contribution < 1.29 is 9.47 Å². The second-order valence-electron chi connectivity index (χ2n) is 6.27. The molecule has 0 aliphatic heterocycles. The molecule has 3 heteroatoms. The van der Waals surface area contributed by atoms with Crippen LogP contribution < -0.4 is 14.8 Å². The Hall–Kier alpha value is -2.78. The van der Waals surface area contributed by atoms with Crippen molar-refractivity contribution in [3.05, 3.63) is 95.6 Å². The molecule has 0 aliphatic carbocycles. The highest BCUT2D eigenvalue weighted by atomic mass is 16.5. The highest BCUT2D eigenvalue weighted by Gasteiger charge is 2.08. The van der Waals surface area contributed by atoms with Crippen molar-refractivity contribution in [2.24, 2.45) is 0 Å². The molecule has 1 atom stereocenters. The summed E-state index contributed by atoms with van der Waals surface area (Å²) in [6, 6.07) is 26.9. The van der Waals surface area contributed by atoms with Crippen LogP contribution >= 0.6 is 0 Å². The molecule has 0 saturated carbocycles. The summed E-state index contributed by atoms with van der Waals surface area (Å²) < 4.78 is 11.4. The summed E-state index contributed by atoms with van der Waals surface area (Å²) in [6.07, 6.45) is 0. The Labute approximate surface area is 155 Å². The molecular weight excluding hydrogens is 322 g/mol. The molecule has 0 radical (unpaired) electrons. The van der Waals surface area contributed by atoms with Crippen molar-refractivity contribution in [1.82, 2.24) is 5.32 Å². The van der Waals surface area contributed by atoms with E-state index in [0.717, 1.165) is 29.2 Å². The first-order chi connectivity index (χ1) is 12.8. The molecule has 26 heavy (non-hydrogen) atoms. The summed E-state index contributed by atoms with van der Waals surface area (Å²) in [5.74, 6) is 1.52. The third-order valence-corrected chi connectivity index (χ3v) is 4.38. The predicted molar refractivity (Wildman–Crippen MR) is 105 cm³/mol. The zero-order chi connectivity index (χ0) is 18.2. The first-order valence-electron chi connectivity index (χ1n) is 8.88. The van der Waals surface area contributed by atoms with Gasteiger partial charge in [0.2, 0.25) is 0 Å². The van der Waals surface area contributed by atoms with E-state index in [1.54, 1.807) is 7.11 Å². The van der Waals surface area contributed by atoms with Gasteiger partial charge in [-0.25, -0.2) is 0 Å². The lowest BCUT2D eigenvalue weighted by Crippen LogP contribution is -2.18. The Kier molecular flexibility index (Phi) is 6.29.